The van der Waals surface area contributed by atoms with E-state index in [0.29, 0.717) is 13.0 Å². The molecule has 98 valence electrons. The standard InChI is InChI=1S/C12H23N3O2/c1-3-6-15-7-5-13-11(15)8-14-12(4-2,9-16)10-17/h5,7,14,16-17H,3-4,6,8-10H2,1-2H3. The molecule has 5 nitrogen and oxygen atoms in total. The minimum Gasteiger partial charge on any atom is -0.394 e. The smallest absolute Gasteiger partial charge is 0.122 e. The van der Waals surface area contributed by atoms with Crippen LogP contribution in [-0.2, 0) is 13.1 Å². The van der Waals surface area contributed by atoms with Crippen molar-refractivity contribution in [3.63, 3.8) is 0 Å². The third-order valence-electron chi connectivity index (χ3n) is 3.17. The number of aliphatic hydroxyl groups excluding tert-OH is 2. The second kappa shape index (κ2) is 6.74. The molecule has 0 bridgehead atoms. The van der Waals surface area contributed by atoms with Crippen LogP contribution in [0.3, 0.4) is 0 Å². The summed E-state index contributed by atoms with van der Waals surface area (Å²) in [5.41, 5.74) is -0.608. The Bertz CT molecular complexity index is 313. The Kier molecular flexibility index (Phi) is 5.61. The average Bonchev–Trinajstić information content (AvgIpc) is 2.80. The predicted molar refractivity (Wildman–Crippen MR) is 66.6 cm³/mol. The first-order chi connectivity index (χ1) is 8.21. The number of imidazole rings is 1. The maximum Gasteiger partial charge on any atom is 0.122 e. The molecular weight excluding hydrogens is 218 g/mol. The van der Waals surface area contributed by atoms with E-state index in [2.05, 4.69) is 21.8 Å². The molecule has 0 unspecified atom stereocenters. The lowest BCUT2D eigenvalue weighted by molar-refractivity contribution is 0.0855. The van der Waals surface area contributed by atoms with Gasteiger partial charge in [-0.3, -0.25) is 0 Å². The highest BCUT2D eigenvalue weighted by molar-refractivity contribution is 4.95. The molecule has 0 amide bonds. The van der Waals surface area contributed by atoms with E-state index in [4.69, 9.17) is 0 Å². The van der Waals surface area contributed by atoms with E-state index in [9.17, 15) is 10.2 Å². The van der Waals surface area contributed by atoms with E-state index in [1.165, 1.54) is 0 Å². The Morgan fingerprint density at radius 1 is 1.35 bits per heavy atom. The molecule has 0 spiro atoms. The summed E-state index contributed by atoms with van der Waals surface area (Å²) in [5.74, 6) is 0.937. The monoisotopic (exact) mass is 241 g/mol. The summed E-state index contributed by atoms with van der Waals surface area (Å²) < 4.78 is 2.09. The van der Waals surface area contributed by atoms with E-state index in [1.54, 1.807) is 6.20 Å². The summed E-state index contributed by atoms with van der Waals surface area (Å²) >= 11 is 0. The van der Waals surface area contributed by atoms with E-state index >= 15 is 0 Å². The van der Waals surface area contributed by atoms with Gasteiger partial charge in [0.1, 0.15) is 5.82 Å². The van der Waals surface area contributed by atoms with Gasteiger partial charge in [-0.15, -0.1) is 0 Å². The molecule has 3 N–H and O–H groups in total. The van der Waals surface area contributed by atoms with Crippen LogP contribution in [0.15, 0.2) is 12.4 Å². The molecule has 0 radical (unpaired) electrons. The third kappa shape index (κ3) is 3.52. The van der Waals surface area contributed by atoms with Gasteiger partial charge in [0, 0.05) is 18.9 Å². The van der Waals surface area contributed by atoms with Crippen LogP contribution >= 0.6 is 0 Å². The lowest BCUT2D eigenvalue weighted by Gasteiger charge is -2.29. The fourth-order valence-electron chi connectivity index (χ4n) is 1.73. The molecule has 0 saturated carbocycles. The Hall–Kier alpha value is -0.910. The van der Waals surface area contributed by atoms with E-state index in [-0.39, 0.29) is 13.2 Å². The summed E-state index contributed by atoms with van der Waals surface area (Å²) in [6.07, 6.45) is 5.46. The van der Waals surface area contributed by atoms with Crippen LogP contribution in [-0.4, -0.2) is 38.5 Å². The first-order valence-electron chi connectivity index (χ1n) is 6.18. The van der Waals surface area contributed by atoms with Crippen LogP contribution < -0.4 is 5.32 Å². The van der Waals surface area contributed by atoms with Gasteiger partial charge in [-0.25, -0.2) is 4.98 Å². The van der Waals surface area contributed by atoms with Crippen molar-refractivity contribution in [1.29, 1.82) is 0 Å². The molecule has 1 heterocycles. The van der Waals surface area contributed by atoms with Crippen molar-refractivity contribution in [2.24, 2.45) is 0 Å². The second-order valence-corrected chi connectivity index (χ2v) is 4.34. The SMILES string of the molecule is CCCn1ccnc1CNC(CC)(CO)CO. The minimum atomic E-state index is -0.608. The molecule has 1 aromatic heterocycles. The number of nitrogens with zero attached hydrogens (tertiary/aromatic N) is 2. The molecule has 0 aliphatic heterocycles. The van der Waals surface area contributed by atoms with Crippen molar-refractivity contribution in [3.8, 4) is 0 Å². The summed E-state index contributed by atoms with van der Waals surface area (Å²) in [6, 6.07) is 0. The van der Waals surface area contributed by atoms with Gasteiger partial charge in [0.25, 0.3) is 0 Å². The van der Waals surface area contributed by atoms with Crippen molar-refractivity contribution in [2.45, 2.75) is 45.3 Å². The summed E-state index contributed by atoms with van der Waals surface area (Å²) in [7, 11) is 0. The van der Waals surface area contributed by atoms with Gasteiger partial charge in [-0.1, -0.05) is 13.8 Å². The molecule has 5 heteroatoms. The van der Waals surface area contributed by atoms with E-state index < -0.39 is 5.54 Å². The Morgan fingerprint density at radius 2 is 2.06 bits per heavy atom. The fourth-order valence-corrected chi connectivity index (χ4v) is 1.73. The van der Waals surface area contributed by atoms with Crippen LogP contribution in [0.1, 0.15) is 32.5 Å². The molecule has 1 aromatic rings. The van der Waals surface area contributed by atoms with Crippen LogP contribution in [0.5, 0.6) is 0 Å². The summed E-state index contributed by atoms with van der Waals surface area (Å²) in [4.78, 5) is 4.28. The summed E-state index contributed by atoms with van der Waals surface area (Å²) in [6.45, 7) is 5.41. The largest absolute Gasteiger partial charge is 0.394 e. The molecule has 0 fully saturated rings. The second-order valence-electron chi connectivity index (χ2n) is 4.34. The number of aryl methyl sites for hydroxylation is 1. The number of aromatic nitrogens is 2. The number of hydrogen-bond acceptors (Lipinski definition) is 4. The first kappa shape index (κ1) is 14.2. The van der Waals surface area contributed by atoms with Gasteiger partial charge >= 0.3 is 0 Å². The van der Waals surface area contributed by atoms with Crippen LogP contribution in [0.25, 0.3) is 0 Å². The molecule has 0 atom stereocenters. The quantitative estimate of drug-likeness (QED) is 0.620. The highest BCUT2D eigenvalue weighted by atomic mass is 16.3. The topological polar surface area (TPSA) is 70.3 Å². The highest BCUT2D eigenvalue weighted by Crippen LogP contribution is 2.10. The lowest BCUT2D eigenvalue weighted by atomic mass is 9.98. The lowest BCUT2D eigenvalue weighted by Crippen LogP contribution is -2.51. The number of aliphatic hydroxyl groups is 2. The average molecular weight is 241 g/mol. The molecule has 0 saturated heterocycles. The van der Waals surface area contributed by atoms with Gasteiger partial charge in [0.05, 0.1) is 25.3 Å². The molecule has 1 rings (SSSR count). The van der Waals surface area contributed by atoms with Gasteiger partial charge in [0.2, 0.25) is 0 Å². The van der Waals surface area contributed by atoms with Crippen molar-refractivity contribution in [2.75, 3.05) is 13.2 Å². The van der Waals surface area contributed by atoms with E-state index in [1.807, 2.05) is 13.1 Å². The maximum atomic E-state index is 9.33. The highest BCUT2D eigenvalue weighted by Gasteiger charge is 2.26. The number of hydrogen-bond donors (Lipinski definition) is 3. The molecule has 0 aromatic carbocycles. The normalized spacial score (nSPS) is 12.0. The van der Waals surface area contributed by atoms with Crippen molar-refractivity contribution in [1.82, 2.24) is 14.9 Å². The number of nitrogens with one attached hydrogen (secondary N) is 1. The number of rotatable bonds is 8. The zero-order chi connectivity index (χ0) is 12.7. The van der Waals surface area contributed by atoms with Gasteiger partial charge in [-0.2, -0.15) is 0 Å². The van der Waals surface area contributed by atoms with Gasteiger partial charge in [-0.05, 0) is 12.8 Å². The fraction of sp³-hybridized carbons (Fsp3) is 0.750. The maximum absolute atomic E-state index is 9.33. The minimum absolute atomic E-state index is 0.0749. The molecule has 17 heavy (non-hydrogen) atoms. The van der Waals surface area contributed by atoms with Crippen LogP contribution in [0.2, 0.25) is 0 Å². The Morgan fingerprint density at radius 3 is 2.59 bits per heavy atom. The van der Waals surface area contributed by atoms with Crippen molar-refractivity contribution >= 4 is 0 Å². The Labute approximate surface area is 102 Å². The first-order valence-corrected chi connectivity index (χ1v) is 6.18. The predicted octanol–water partition coefficient (Wildman–Crippen LogP) is 0.516. The van der Waals surface area contributed by atoms with Crippen molar-refractivity contribution < 1.29 is 10.2 Å². The van der Waals surface area contributed by atoms with E-state index in [0.717, 1.165) is 18.8 Å². The molecular formula is C12H23N3O2. The molecule has 0 aliphatic rings. The van der Waals surface area contributed by atoms with Crippen LogP contribution in [0, 0.1) is 0 Å². The van der Waals surface area contributed by atoms with Gasteiger partial charge < -0.3 is 20.1 Å². The Balaban J connectivity index is 2.62. The third-order valence-corrected chi connectivity index (χ3v) is 3.17. The van der Waals surface area contributed by atoms with Gasteiger partial charge in [0.15, 0.2) is 0 Å². The zero-order valence-electron chi connectivity index (χ0n) is 10.7. The van der Waals surface area contributed by atoms with Crippen LogP contribution in [0.4, 0.5) is 0 Å². The zero-order valence-corrected chi connectivity index (χ0v) is 10.7. The summed E-state index contributed by atoms with van der Waals surface area (Å²) in [5, 5.41) is 21.9. The molecule has 0 aliphatic carbocycles. The van der Waals surface area contributed by atoms with Crippen molar-refractivity contribution in [3.05, 3.63) is 18.2 Å².